The van der Waals surface area contributed by atoms with Gasteiger partial charge >= 0.3 is 0 Å². The van der Waals surface area contributed by atoms with Crippen molar-refractivity contribution < 1.29 is 13.2 Å². The first kappa shape index (κ1) is 18.6. The van der Waals surface area contributed by atoms with Crippen LogP contribution in [0, 0.1) is 13.8 Å². The summed E-state index contributed by atoms with van der Waals surface area (Å²) in [6, 6.07) is 5.71. The van der Waals surface area contributed by atoms with Crippen LogP contribution in [0.3, 0.4) is 0 Å². The molecule has 124 valence electrons. The second kappa shape index (κ2) is 6.79. The third-order valence-corrected chi connectivity index (χ3v) is 5.10. The fourth-order valence-electron chi connectivity index (χ4n) is 2.30. The van der Waals surface area contributed by atoms with Crippen molar-refractivity contribution in [2.24, 2.45) is 0 Å². The molecule has 0 unspecified atom stereocenters. The lowest BCUT2D eigenvalue weighted by molar-refractivity contribution is -0.116. The van der Waals surface area contributed by atoms with Gasteiger partial charge in [0.05, 0.1) is 6.26 Å². The summed E-state index contributed by atoms with van der Waals surface area (Å²) in [5.41, 5.74) is 2.34. The van der Waals surface area contributed by atoms with Gasteiger partial charge in [-0.1, -0.05) is 12.1 Å². The lowest BCUT2D eigenvalue weighted by Gasteiger charge is -2.33. The van der Waals surface area contributed by atoms with Gasteiger partial charge in [0.2, 0.25) is 15.9 Å². The highest BCUT2D eigenvalue weighted by molar-refractivity contribution is 7.88. The summed E-state index contributed by atoms with van der Waals surface area (Å²) in [6.45, 7) is 9.54. The quantitative estimate of drug-likeness (QED) is 0.904. The van der Waals surface area contributed by atoms with E-state index in [1.165, 1.54) is 10.6 Å². The zero-order chi connectivity index (χ0) is 17.1. The number of hydrogen-bond donors (Lipinski definition) is 1. The molecule has 1 aromatic carbocycles. The normalized spacial score (nSPS) is 12.5. The summed E-state index contributed by atoms with van der Waals surface area (Å²) in [5.74, 6) is -0.188. The fourth-order valence-corrected chi connectivity index (χ4v) is 3.72. The molecule has 1 N–H and O–H groups in total. The highest BCUT2D eigenvalue weighted by atomic mass is 32.2. The minimum absolute atomic E-state index is 0.123. The largest absolute Gasteiger partial charge is 0.326 e. The predicted molar refractivity (Wildman–Crippen MR) is 90.5 cm³/mol. The number of nitrogens with zero attached hydrogens (tertiary/aromatic N) is 1. The molecule has 0 aliphatic carbocycles. The summed E-state index contributed by atoms with van der Waals surface area (Å²) in [5, 5.41) is 2.85. The van der Waals surface area contributed by atoms with Crippen LogP contribution in [-0.2, 0) is 14.8 Å². The number of sulfonamides is 1. The van der Waals surface area contributed by atoms with Gasteiger partial charge in [0.25, 0.3) is 0 Å². The second-order valence-corrected chi connectivity index (χ2v) is 8.46. The van der Waals surface area contributed by atoms with Gasteiger partial charge in [-0.15, -0.1) is 0 Å². The molecule has 0 aliphatic rings. The Balaban J connectivity index is 2.75. The maximum atomic E-state index is 12.1. The number of rotatable bonds is 5. The van der Waals surface area contributed by atoms with Crippen LogP contribution in [0.2, 0.25) is 0 Å². The van der Waals surface area contributed by atoms with Gasteiger partial charge < -0.3 is 5.32 Å². The zero-order valence-electron chi connectivity index (χ0n) is 14.2. The van der Waals surface area contributed by atoms with E-state index in [1.54, 1.807) is 0 Å². The first-order chi connectivity index (χ1) is 9.93. The van der Waals surface area contributed by atoms with Crippen molar-refractivity contribution in [3.05, 3.63) is 29.3 Å². The first-order valence-electron chi connectivity index (χ1n) is 7.27. The highest BCUT2D eigenvalue weighted by Gasteiger charge is 2.29. The van der Waals surface area contributed by atoms with Crippen molar-refractivity contribution in [2.75, 3.05) is 18.1 Å². The summed E-state index contributed by atoms with van der Waals surface area (Å²) in [4.78, 5) is 12.1. The van der Waals surface area contributed by atoms with Crippen molar-refractivity contribution in [3.63, 3.8) is 0 Å². The smallest absolute Gasteiger partial charge is 0.225 e. The molecular formula is C16H26N2O3S. The van der Waals surface area contributed by atoms with Gasteiger partial charge in [-0.05, 0) is 51.8 Å². The van der Waals surface area contributed by atoms with E-state index in [1.807, 2.05) is 52.8 Å². The molecule has 5 nitrogen and oxygen atoms in total. The van der Waals surface area contributed by atoms with Gasteiger partial charge in [-0.25, -0.2) is 8.42 Å². The summed E-state index contributed by atoms with van der Waals surface area (Å²) < 4.78 is 25.0. The third kappa shape index (κ3) is 5.10. The van der Waals surface area contributed by atoms with E-state index in [-0.39, 0.29) is 18.9 Å². The molecule has 1 amide bonds. The molecule has 0 saturated heterocycles. The Hall–Kier alpha value is -1.40. The van der Waals surface area contributed by atoms with Crippen molar-refractivity contribution in [2.45, 2.75) is 46.6 Å². The van der Waals surface area contributed by atoms with E-state index in [9.17, 15) is 13.2 Å². The standard InChI is InChI=1S/C16H26N2O3S/c1-12-8-7-9-14(13(12)2)17-15(19)10-11-18(16(3,4)5)22(6,20)21/h7-9H,10-11H2,1-6H3,(H,17,19). The minimum Gasteiger partial charge on any atom is -0.326 e. The molecule has 6 heteroatoms. The first-order valence-corrected chi connectivity index (χ1v) is 9.11. The van der Waals surface area contributed by atoms with Gasteiger partial charge in [0.15, 0.2) is 0 Å². The molecule has 0 heterocycles. The van der Waals surface area contributed by atoms with Crippen molar-refractivity contribution >= 4 is 21.6 Å². The maximum absolute atomic E-state index is 12.1. The van der Waals surface area contributed by atoms with Crippen molar-refractivity contribution in [1.29, 1.82) is 0 Å². The van der Waals surface area contributed by atoms with Gasteiger partial charge in [0, 0.05) is 24.2 Å². The lowest BCUT2D eigenvalue weighted by Crippen LogP contribution is -2.46. The fraction of sp³-hybridized carbons (Fsp3) is 0.562. The monoisotopic (exact) mass is 326 g/mol. The van der Waals surface area contributed by atoms with Gasteiger partial charge in [0.1, 0.15) is 0 Å². The SMILES string of the molecule is Cc1cccc(NC(=O)CCN(C(C)(C)C)S(C)(=O)=O)c1C. The van der Waals surface area contributed by atoms with Crippen LogP contribution in [0.4, 0.5) is 5.69 Å². The number of benzene rings is 1. The van der Waals surface area contributed by atoms with Crippen LogP contribution >= 0.6 is 0 Å². The van der Waals surface area contributed by atoms with E-state index in [4.69, 9.17) is 0 Å². The Labute approximate surface area is 133 Å². The van der Waals surface area contributed by atoms with Crippen LogP contribution in [0.15, 0.2) is 18.2 Å². The Bertz CT molecular complexity index is 646. The number of carbonyl (C=O) groups excluding carboxylic acids is 1. The van der Waals surface area contributed by atoms with Gasteiger partial charge in [-0.2, -0.15) is 4.31 Å². The second-order valence-electron chi connectivity index (χ2n) is 6.55. The van der Waals surface area contributed by atoms with Crippen LogP contribution in [0.1, 0.15) is 38.3 Å². The molecule has 0 spiro atoms. The molecule has 0 atom stereocenters. The zero-order valence-corrected chi connectivity index (χ0v) is 15.0. The van der Waals surface area contributed by atoms with Crippen LogP contribution in [0.25, 0.3) is 0 Å². The van der Waals surface area contributed by atoms with Crippen LogP contribution < -0.4 is 5.32 Å². The molecule has 22 heavy (non-hydrogen) atoms. The van der Waals surface area contributed by atoms with E-state index in [0.717, 1.165) is 16.8 Å². The average molecular weight is 326 g/mol. The molecule has 1 rings (SSSR count). The highest BCUT2D eigenvalue weighted by Crippen LogP contribution is 2.20. The Kier molecular flexibility index (Phi) is 5.76. The van der Waals surface area contributed by atoms with E-state index >= 15 is 0 Å². The summed E-state index contributed by atoms with van der Waals surface area (Å²) >= 11 is 0. The Morgan fingerprint density at radius 2 is 1.82 bits per heavy atom. The topological polar surface area (TPSA) is 66.5 Å². The van der Waals surface area contributed by atoms with Crippen LogP contribution in [-0.4, -0.2) is 37.0 Å². The van der Waals surface area contributed by atoms with Crippen molar-refractivity contribution in [1.82, 2.24) is 4.31 Å². The van der Waals surface area contributed by atoms with Crippen LogP contribution in [0.5, 0.6) is 0 Å². The Morgan fingerprint density at radius 1 is 1.23 bits per heavy atom. The minimum atomic E-state index is -3.35. The summed E-state index contributed by atoms with van der Waals surface area (Å²) in [7, 11) is -3.35. The number of anilines is 1. The van der Waals surface area contributed by atoms with E-state index < -0.39 is 15.6 Å². The molecule has 0 radical (unpaired) electrons. The molecule has 0 aliphatic heterocycles. The molecule has 0 saturated carbocycles. The predicted octanol–water partition coefficient (Wildman–Crippen LogP) is 2.69. The maximum Gasteiger partial charge on any atom is 0.225 e. The molecule has 1 aromatic rings. The lowest BCUT2D eigenvalue weighted by atomic mass is 10.1. The molecule has 0 aromatic heterocycles. The number of nitrogens with one attached hydrogen (secondary N) is 1. The summed E-state index contributed by atoms with van der Waals surface area (Å²) in [6.07, 6.45) is 1.29. The van der Waals surface area contributed by atoms with E-state index in [2.05, 4.69) is 5.32 Å². The molecular weight excluding hydrogens is 300 g/mol. The number of carbonyl (C=O) groups is 1. The molecule has 0 fully saturated rings. The van der Waals surface area contributed by atoms with Gasteiger partial charge in [-0.3, -0.25) is 4.79 Å². The Morgan fingerprint density at radius 3 is 2.32 bits per heavy atom. The average Bonchev–Trinajstić information content (AvgIpc) is 2.31. The number of amides is 1. The van der Waals surface area contributed by atoms with Crippen molar-refractivity contribution in [3.8, 4) is 0 Å². The van der Waals surface area contributed by atoms with E-state index in [0.29, 0.717) is 0 Å². The molecule has 0 bridgehead atoms. The number of aryl methyl sites for hydroxylation is 1. The number of hydrogen-bond acceptors (Lipinski definition) is 3. The third-order valence-electron chi connectivity index (χ3n) is 3.57.